The lowest BCUT2D eigenvalue weighted by atomic mass is 10.2. The van der Waals surface area contributed by atoms with Gasteiger partial charge in [-0.3, -0.25) is 9.89 Å². The molecule has 21 heavy (non-hydrogen) atoms. The van der Waals surface area contributed by atoms with E-state index >= 15 is 0 Å². The van der Waals surface area contributed by atoms with Crippen molar-refractivity contribution in [2.75, 3.05) is 13.1 Å². The van der Waals surface area contributed by atoms with Gasteiger partial charge in [0, 0.05) is 6.54 Å². The van der Waals surface area contributed by atoms with Gasteiger partial charge in [0.25, 0.3) is 0 Å². The van der Waals surface area contributed by atoms with E-state index in [1.54, 1.807) is 13.8 Å². The third-order valence-corrected chi connectivity index (χ3v) is 4.57. The number of H-pyrrole nitrogens is 1. The third-order valence-electron chi connectivity index (χ3n) is 2.59. The van der Waals surface area contributed by atoms with Crippen LogP contribution in [0.4, 0.5) is 0 Å². The molecule has 118 valence electrons. The Bertz CT molecular complexity index is 650. The molecule has 0 unspecified atom stereocenters. The van der Waals surface area contributed by atoms with E-state index < -0.39 is 39.0 Å². The summed E-state index contributed by atoms with van der Waals surface area (Å²) in [5, 5.41) is 14.8. The van der Waals surface area contributed by atoms with Crippen LogP contribution in [0.5, 0.6) is 0 Å². The summed E-state index contributed by atoms with van der Waals surface area (Å²) in [6, 6.07) is 0. The zero-order valence-corrected chi connectivity index (χ0v) is 12.8. The van der Waals surface area contributed by atoms with Gasteiger partial charge in [0.1, 0.15) is 4.90 Å². The van der Waals surface area contributed by atoms with Crippen molar-refractivity contribution in [1.82, 2.24) is 14.5 Å². The Kier molecular flexibility index (Phi) is 5.07. The number of nitrogens with two attached hydrogens (primary N) is 1. The number of aromatic carboxylic acids is 1. The quantitative estimate of drug-likeness (QED) is 0.620. The van der Waals surface area contributed by atoms with Crippen LogP contribution >= 0.6 is 0 Å². The number of nitrogens with zero attached hydrogens (tertiary/aromatic N) is 2. The molecule has 0 radical (unpaired) electrons. The maximum absolute atomic E-state index is 12.6. The Balaban J connectivity index is 3.38. The van der Waals surface area contributed by atoms with Gasteiger partial charge >= 0.3 is 5.97 Å². The number of hydrogen-bond acceptors (Lipinski definition) is 5. The summed E-state index contributed by atoms with van der Waals surface area (Å²) in [7, 11) is -4.20. The molecule has 0 aromatic carbocycles. The van der Waals surface area contributed by atoms with Crippen molar-refractivity contribution in [2.24, 2.45) is 11.7 Å². The summed E-state index contributed by atoms with van der Waals surface area (Å²) in [4.78, 5) is 21.7. The van der Waals surface area contributed by atoms with E-state index in [0.29, 0.717) is 0 Å². The summed E-state index contributed by atoms with van der Waals surface area (Å²) in [5.41, 5.74) is 4.55. The molecule has 10 heteroatoms. The van der Waals surface area contributed by atoms with E-state index in [9.17, 15) is 18.0 Å². The zero-order valence-electron chi connectivity index (χ0n) is 12.0. The molecule has 1 amide bonds. The molecule has 0 aliphatic rings. The van der Waals surface area contributed by atoms with Crippen molar-refractivity contribution in [3.8, 4) is 0 Å². The maximum Gasteiger partial charge on any atom is 0.357 e. The van der Waals surface area contributed by atoms with Crippen LogP contribution in [0.3, 0.4) is 0 Å². The minimum absolute atomic E-state index is 0.0367. The molecule has 0 spiro atoms. The van der Waals surface area contributed by atoms with Gasteiger partial charge in [0.2, 0.25) is 15.9 Å². The van der Waals surface area contributed by atoms with Gasteiger partial charge in [0.05, 0.1) is 12.2 Å². The largest absolute Gasteiger partial charge is 0.476 e. The second kappa shape index (κ2) is 6.22. The number of aromatic amines is 1. The molecule has 0 aliphatic carbocycles. The number of carboxylic acid groups (broad SMARTS) is 1. The Hall–Kier alpha value is -1.94. The Morgan fingerprint density at radius 1 is 1.43 bits per heavy atom. The monoisotopic (exact) mass is 318 g/mol. The molecule has 9 nitrogen and oxygen atoms in total. The fourth-order valence-electron chi connectivity index (χ4n) is 1.84. The number of rotatable bonds is 7. The van der Waals surface area contributed by atoms with Crippen LogP contribution < -0.4 is 5.73 Å². The second-order valence-electron chi connectivity index (χ2n) is 4.99. The number of aryl methyl sites for hydroxylation is 1. The lowest BCUT2D eigenvalue weighted by Crippen LogP contribution is -2.41. The highest BCUT2D eigenvalue weighted by molar-refractivity contribution is 7.89. The Labute approximate surface area is 122 Å². The highest BCUT2D eigenvalue weighted by atomic mass is 32.2. The SMILES string of the molecule is Cc1[nH]nc(C(=O)O)c1S(=O)(=O)N(CC(N)=O)CC(C)C. The van der Waals surface area contributed by atoms with Crippen LogP contribution in [0.15, 0.2) is 4.90 Å². The minimum Gasteiger partial charge on any atom is -0.476 e. The molecule has 0 aliphatic heterocycles. The molecule has 1 aromatic heterocycles. The summed E-state index contributed by atoms with van der Waals surface area (Å²) < 4.78 is 26.1. The van der Waals surface area contributed by atoms with Crippen molar-refractivity contribution in [3.05, 3.63) is 11.4 Å². The summed E-state index contributed by atoms with van der Waals surface area (Å²) in [6.07, 6.45) is 0. The lowest BCUT2D eigenvalue weighted by Gasteiger charge is -2.22. The Morgan fingerprint density at radius 2 is 2.00 bits per heavy atom. The van der Waals surface area contributed by atoms with Crippen molar-refractivity contribution in [2.45, 2.75) is 25.7 Å². The van der Waals surface area contributed by atoms with Gasteiger partial charge in [-0.05, 0) is 12.8 Å². The number of nitrogens with one attached hydrogen (secondary N) is 1. The van der Waals surface area contributed by atoms with Gasteiger partial charge in [0.15, 0.2) is 5.69 Å². The molecule has 0 atom stereocenters. The normalized spacial score (nSPS) is 12.0. The van der Waals surface area contributed by atoms with E-state index in [0.717, 1.165) is 4.31 Å². The fraction of sp³-hybridized carbons (Fsp3) is 0.545. The first kappa shape index (κ1) is 17.1. The van der Waals surface area contributed by atoms with E-state index in [2.05, 4.69) is 10.2 Å². The average Bonchev–Trinajstić information content (AvgIpc) is 2.69. The van der Waals surface area contributed by atoms with Crippen LogP contribution in [0.25, 0.3) is 0 Å². The predicted octanol–water partition coefficient (Wildman–Crippen LogP) is -0.452. The van der Waals surface area contributed by atoms with Crippen LogP contribution in [-0.4, -0.2) is 53.0 Å². The smallest absolute Gasteiger partial charge is 0.357 e. The molecular formula is C11H18N4O5S. The highest BCUT2D eigenvalue weighted by Gasteiger charge is 2.34. The van der Waals surface area contributed by atoms with Gasteiger partial charge in [-0.15, -0.1) is 0 Å². The molecule has 1 heterocycles. The number of primary amides is 1. The van der Waals surface area contributed by atoms with Crippen LogP contribution in [0.1, 0.15) is 30.0 Å². The van der Waals surface area contributed by atoms with Crippen LogP contribution in [0.2, 0.25) is 0 Å². The van der Waals surface area contributed by atoms with Crippen LogP contribution in [0, 0.1) is 12.8 Å². The van der Waals surface area contributed by atoms with Crippen molar-refractivity contribution in [3.63, 3.8) is 0 Å². The number of aromatic nitrogens is 2. The first-order chi connectivity index (χ1) is 9.57. The molecular weight excluding hydrogens is 300 g/mol. The van der Waals surface area contributed by atoms with E-state index in [1.807, 2.05) is 0 Å². The van der Waals surface area contributed by atoms with Crippen molar-refractivity contribution in [1.29, 1.82) is 0 Å². The van der Waals surface area contributed by atoms with E-state index in [1.165, 1.54) is 6.92 Å². The first-order valence-electron chi connectivity index (χ1n) is 6.14. The number of carbonyl (C=O) groups excluding carboxylic acids is 1. The predicted molar refractivity (Wildman–Crippen MR) is 73.1 cm³/mol. The van der Waals surface area contributed by atoms with Gasteiger partial charge in [-0.25, -0.2) is 13.2 Å². The molecule has 1 rings (SSSR count). The zero-order chi connectivity index (χ0) is 16.4. The average molecular weight is 318 g/mol. The molecule has 0 fully saturated rings. The van der Waals surface area contributed by atoms with Crippen LogP contribution in [-0.2, 0) is 14.8 Å². The molecule has 4 N–H and O–H groups in total. The molecule has 0 saturated heterocycles. The lowest BCUT2D eigenvalue weighted by molar-refractivity contribution is -0.118. The third kappa shape index (κ3) is 3.79. The fourth-order valence-corrected chi connectivity index (χ4v) is 3.70. The molecule has 1 aromatic rings. The topological polar surface area (TPSA) is 146 Å². The molecule has 0 bridgehead atoms. The minimum atomic E-state index is -4.20. The van der Waals surface area contributed by atoms with E-state index in [4.69, 9.17) is 10.8 Å². The first-order valence-corrected chi connectivity index (χ1v) is 7.58. The van der Waals surface area contributed by atoms with E-state index in [-0.39, 0.29) is 18.2 Å². The summed E-state index contributed by atoms with van der Waals surface area (Å²) in [6.45, 7) is 4.44. The van der Waals surface area contributed by atoms with Gasteiger partial charge < -0.3 is 10.8 Å². The van der Waals surface area contributed by atoms with Crippen molar-refractivity contribution < 1.29 is 23.1 Å². The standard InChI is InChI=1S/C11H18N4O5S/c1-6(2)4-15(5-8(12)16)21(19,20)10-7(3)13-14-9(10)11(17)18/h6H,4-5H2,1-3H3,(H2,12,16)(H,13,14)(H,17,18). The van der Waals surface area contributed by atoms with Crippen molar-refractivity contribution >= 4 is 21.9 Å². The molecule has 0 saturated carbocycles. The number of sulfonamides is 1. The number of hydrogen-bond donors (Lipinski definition) is 3. The number of carbonyl (C=O) groups is 2. The highest BCUT2D eigenvalue weighted by Crippen LogP contribution is 2.23. The maximum atomic E-state index is 12.6. The van der Waals surface area contributed by atoms with Gasteiger partial charge in [-0.2, -0.15) is 9.40 Å². The number of amides is 1. The Morgan fingerprint density at radius 3 is 2.43 bits per heavy atom. The number of carboxylic acids is 1. The summed E-state index contributed by atoms with van der Waals surface area (Å²) in [5.74, 6) is -2.36. The second-order valence-corrected chi connectivity index (χ2v) is 6.86. The van der Waals surface area contributed by atoms with Gasteiger partial charge in [-0.1, -0.05) is 13.8 Å². The summed E-state index contributed by atoms with van der Waals surface area (Å²) >= 11 is 0.